The summed E-state index contributed by atoms with van der Waals surface area (Å²) in [6.07, 6.45) is 0.176. The van der Waals surface area contributed by atoms with Gasteiger partial charge in [-0.3, -0.25) is 14.5 Å². The molecule has 0 aliphatic carbocycles. The third-order valence-electron chi connectivity index (χ3n) is 4.67. The molecule has 2 aromatic rings. The number of rotatable bonds is 5. The van der Waals surface area contributed by atoms with E-state index in [1.807, 2.05) is 6.92 Å². The Bertz CT molecular complexity index is 951. The van der Waals surface area contributed by atoms with Crippen LogP contribution in [0.15, 0.2) is 53.8 Å². The molecule has 1 aliphatic rings. The lowest BCUT2D eigenvalue weighted by atomic mass is 9.94. The minimum atomic E-state index is -0.751. The van der Waals surface area contributed by atoms with Crippen molar-refractivity contribution in [2.24, 2.45) is 0 Å². The van der Waals surface area contributed by atoms with Crippen LogP contribution >= 0.6 is 11.6 Å². The van der Waals surface area contributed by atoms with Crippen LogP contribution in [0, 0.1) is 6.92 Å². The molecule has 0 spiro atoms. The fraction of sp³-hybridized carbons (Fsp3) is 0.238. The summed E-state index contributed by atoms with van der Waals surface area (Å²) in [5.41, 5.74) is 2.13. The van der Waals surface area contributed by atoms with Gasteiger partial charge in [0.2, 0.25) is 0 Å². The van der Waals surface area contributed by atoms with Crippen LogP contribution in [0.25, 0.3) is 0 Å². The molecule has 0 saturated carbocycles. The molecule has 1 atom stereocenters. The standard InChI is InChI=1S/C21H20ClNO4/c1-4-17(24)18-19(13-6-5-7-15(10-13)27-3)23(21(26)20(18)25)14-9-8-12(2)16(22)11-14/h5-11,19,25H,4H2,1-3H3. The fourth-order valence-electron chi connectivity index (χ4n) is 3.21. The number of hydrogen-bond donors (Lipinski definition) is 1. The van der Waals surface area contributed by atoms with Gasteiger partial charge in [-0.1, -0.05) is 36.7 Å². The number of aliphatic hydroxyl groups excluding tert-OH is 1. The number of carbonyl (C=O) groups excluding carboxylic acids is 2. The SMILES string of the molecule is CCC(=O)C1=C(O)C(=O)N(c2ccc(C)c(Cl)c2)C1c1cccc(OC)c1. The molecule has 27 heavy (non-hydrogen) atoms. The summed E-state index contributed by atoms with van der Waals surface area (Å²) in [6, 6.07) is 11.6. The van der Waals surface area contributed by atoms with Crippen molar-refractivity contribution in [2.45, 2.75) is 26.3 Å². The van der Waals surface area contributed by atoms with Gasteiger partial charge in [0, 0.05) is 17.1 Å². The molecule has 1 amide bonds. The highest BCUT2D eigenvalue weighted by atomic mass is 35.5. The average molecular weight is 386 g/mol. The molecule has 6 heteroatoms. The van der Waals surface area contributed by atoms with E-state index in [1.54, 1.807) is 56.5 Å². The first kappa shape index (κ1) is 19.0. The highest BCUT2D eigenvalue weighted by Gasteiger charge is 2.44. The van der Waals surface area contributed by atoms with Crippen molar-refractivity contribution < 1.29 is 19.4 Å². The normalized spacial score (nSPS) is 16.8. The monoisotopic (exact) mass is 385 g/mol. The molecule has 0 bridgehead atoms. The second-order valence-electron chi connectivity index (χ2n) is 6.33. The lowest BCUT2D eigenvalue weighted by molar-refractivity contribution is -0.118. The van der Waals surface area contributed by atoms with Gasteiger partial charge in [0.25, 0.3) is 5.91 Å². The average Bonchev–Trinajstić information content (AvgIpc) is 2.94. The zero-order valence-corrected chi connectivity index (χ0v) is 16.1. The fourth-order valence-corrected chi connectivity index (χ4v) is 3.38. The number of carbonyl (C=O) groups is 2. The molecule has 3 rings (SSSR count). The number of nitrogens with zero attached hydrogens (tertiary/aromatic N) is 1. The van der Waals surface area contributed by atoms with Crippen LogP contribution in [0.2, 0.25) is 5.02 Å². The Kier molecular flexibility index (Phi) is 5.24. The van der Waals surface area contributed by atoms with Crippen LogP contribution in [0.3, 0.4) is 0 Å². The van der Waals surface area contributed by atoms with Crippen LogP contribution in [0.1, 0.15) is 30.5 Å². The van der Waals surface area contributed by atoms with Crippen molar-refractivity contribution in [3.8, 4) is 5.75 Å². The number of ether oxygens (including phenoxy) is 1. The highest BCUT2D eigenvalue weighted by Crippen LogP contribution is 2.42. The number of halogens is 1. The second kappa shape index (κ2) is 7.45. The Balaban J connectivity index is 2.20. The molecule has 140 valence electrons. The summed E-state index contributed by atoms with van der Waals surface area (Å²) in [5.74, 6) is -0.836. The summed E-state index contributed by atoms with van der Waals surface area (Å²) in [7, 11) is 1.54. The minimum absolute atomic E-state index is 0.0902. The first-order valence-corrected chi connectivity index (χ1v) is 8.96. The summed E-state index contributed by atoms with van der Waals surface area (Å²) < 4.78 is 5.28. The van der Waals surface area contributed by atoms with E-state index in [-0.39, 0.29) is 17.8 Å². The smallest absolute Gasteiger partial charge is 0.294 e. The number of aliphatic hydroxyl groups is 1. The van der Waals surface area contributed by atoms with Gasteiger partial charge in [-0.05, 0) is 42.3 Å². The van der Waals surface area contributed by atoms with E-state index >= 15 is 0 Å². The van der Waals surface area contributed by atoms with Crippen molar-refractivity contribution >= 4 is 29.0 Å². The molecule has 0 radical (unpaired) electrons. The van der Waals surface area contributed by atoms with Gasteiger partial charge in [-0.2, -0.15) is 0 Å². The van der Waals surface area contributed by atoms with E-state index in [1.165, 1.54) is 4.90 Å². The first-order chi connectivity index (χ1) is 12.9. The summed E-state index contributed by atoms with van der Waals surface area (Å²) in [5, 5.41) is 11.0. The van der Waals surface area contributed by atoms with E-state index in [9.17, 15) is 14.7 Å². The van der Waals surface area contributed by atoms with Gasteiger partial charge < -0.3 is 9.84 Å². The molecular formula is C21H20ClNO4. The van der Waals surface area contributed by atoms with Crippen molar-refractivity contribution in [3.05, 3.63) is 69.9 Å². The van der Waals surface area contributed by atoms with E-state index in [2.05, 4.69) is 0 Å². The van der Waals surface area contributed by atoms with Gasteiger partial charge in [0.05, 0.1) is 18.7 Å². The molecule has 1 N–H and O–H groups in total. The Morgan fingerprint density at radius 2 is 2.00 bits per heavy atom. The minimum Gasteiger partial charge on any atom is -0.503 e. The molecule has 0 saturated heterocycles. The van der Waals surface area contributed by atoms with Crippen molar-refractivity contribution in [1.29, 1.82) is 0 Å². The van der Waals surface area contributed by atoms with Crippen molar-refractivity contribution in [2.75, 3.05) is 12.0 Å². The van der Waals surface area contributed by atoms with Crippen molar-refractivity contribution in [3.63, 3.8) is 0 Å². The van der Waals surface area contributed by atoms with E-state index < -0.39 is 17.7 Å². The third-order valence-corrected chi connectivity index (χ3v) is 5.08. The van der Waals surface area contributed by atoms with Gasteiger partial charge in [0.15, 0.2) is 11.5 Å². The first-order valence-electron chi connectivity index (χ1n) is 8.59. The summed E-state index contributed by atoms with van der Waals surface area (Å²) >= 11 is 6.24. The zero-order valence-electron chi connectivity index (χ0n) is 15.3. The zero-order chi connectivity index (χ0) is 19.7. The quantitative estimate of drug-likeness (QED) is 0.820. The molecule has 1 aliphatic heterocycles. The van der Waals surface area contributed by atoms with Crippen LogP contribution in [0.5, 0.6) is 5.75 Å². The predicted octanol–water partition coefficient (Wildman–Crippen LogP) is 4.54. The lowest BCUT2D eigenvalue weighted by Crippen LogP contribution is -2.31. The number of hydrogen-bond acceptors (Lipinski definition) is 4. The van der Waals surface area contributed by atoms with Gasteiger partial charge in [0.1, 0.15) is 5.75 Å². The van der Waals surface area contributed by atoms with E-state index in [0.717, 1.165) is 5.56 Å². The Hall–Kier alpha value is -2.79. The molecular weight excluding hydrogens is 366 g/mol. The number of aryl methyl sites for hydroxylation is 1. The maximum Gasteiger partial charge on any atom is 0.294 e. The van der Waals surface area contributed by atoms with E-state index in [4.69, 9.17) is 16.3 Å². The number of Topliss-reactive ketones (excluding diaryl/α,β-unsaturated/α-hetero) is 1. The predicted molar refractivity (Wildman–Crippen MR) is 104 cm³/mol. The van der Waals surface area contributed by atoms with Crippen molar-refractivity contribution in [1.82, 2.24) is 0 Å². The molecule has 0 aromatic heterocycles. The highest BCUT2D eigenvalue weighted by molar-refractivity contribution is 6.31. The Morgan fingerprint density at radius 1 is 1.26 bits per heavy atom. The van der Waals surface area contributed by atoms with Crippen LogP contribution in [-0.2, 0) is 9.59 Å². The number of benzene rings is 2. The van der Waals surface area contributed by atoms with Crippen LogP contribution in [-0.4, -0.2) is 23.9 Å². The maximum atomic E-state index is 12.9. The summed E-state index contributed by atoms with van der Waals surface area (Å²) in [6.45, 7) is 3.56. The molecule has 5 nitrogen and oxygen atoms in total. The van der Waals surface area contributed by atoms with Gasteiger partial charge in [-0.25, -0.2) is 0 Å². The van der Waals surface area contributed by atoms with Gasteiger partial charge >= 0.3 is 0 Å². The molecule has 2 aromatic carbocycles. The number of anilines is 1. The lowest BCUT2D eigenvalue weighted by Gasteiger charge is -2.27. The Morgan fingerprint density at radius 3 is 2.63 bits per heavy atom. The number of methoxy groups -OCH3 is 1. The number of amides is 1. The molecule has 1 heterocycles. The largest absolute Gasteiger partial charge is 0.503 e. The summed E-state index contributed by atoms with van der Waals surface area (Å²) in [4.78, 5) is 26.8. The Labute approximate surface area is 162 Å². The van der Waals surface area contributed by atoms with Gasteiger partial charge in [-0.15, -0.1) is 0 Å². The maximum absolute atomic E-state index is 12.9. The third kappa shape index (κ3) is 3.30. The van der Waals surface area contributed by atoms with Crippen LogP contribution in [0.4, 0.5) is 5.69 Å². The molecule has 1 unspecified atom stereocenters. The second-order valence-corrected chi connectivity index (χ2v) is 6.73. The topological polar surface area (TPSA) is 66.8 Å². The molecule has 0 fully saturated rings. The van der Waals surface area contributed by atoms with Crippen LogP contribution < -0.4 is 9.64 Å². The number of ketones is 1. The van der Waals surface area contributed by atoms with E-state index in [0.29, 0.717) is 22.0 Å².